The summed E-state index contributed by atoms with van der Waals surface area (Å²) in [6.45, 7) is 5.76. The number of rotatable bonds is 6. The molecule has 4 nitrogen and oxygen atoms in total. The lowest BCUT2D eigenvalue weighted by molar-refractivity contribution is -0.384. The van der Waals surface area contributed by atoms with Gasteiger partial charge in [-0.25, -0.2) is 0 Å². The number of nitrogens with one attached hydrogen (secondary N) is 1. The molecule has 0 aliphatic heterocycles. The third-order valence-corrected chi connectivity index (χ3v) is 2.82. The molecule has 1 rings (SSSR count). The molecule has 94 valence electrons. The maximum Gasteiger partial charge on any atom is 0.269 e. The largest absolute Gasteiger partial charge is 0.313 e. The molecule has 0 saturated carbocycles. The molecule has 5 heteroatoms. The van der Waals surface area contributed by atoms with Crippen LogP contribution in [0.4, 0.5) is 5.69 Å². The minimum Gasteiger partial charge on any atom is -0.313 e. The number of nitro groups is 1. The number of hydrogen-bond donors (Lipinski definition) is 1. The van der Waals surface area contributed by atoms with Crippen LogP contribution in [0.2, 0.25) is 5.02 Å². The Balaban J connectivity index is 2.57. The Kier molecular flexibility index (Phi) is 5.38. The molecule has 0 fully saturated rings. The van der Waals surface area contributed by atoms with E-state index in [2.05, 4.69) is 19.2 Å². The van der Waals surface area contributed by atoms with Crippen molar-refractivity contribution in [2.75, 3.05) is 6.54 Å². The lowest BCUT2D eigenvalue weighted by Crippen LogP contribution is -2.16. The summed E-state index contributed by atoms with van der Waals surface area (Å²) in [5.74, 6) is 0.642. The average molecular weight is 257 g/mol. The maximum absolute atomic E-state index is 10.6. The quantitative estimate of drug-likeness (QED) is 0.482. The van der Waals surface area contributed by atoms with Crippen molar-refractivity contribution in [2.24, 2.45) is 5.92 Å². The van der Waals surface area contributed by atoms with Gasteiger partial charge >= 0.3 is 0 Å². The van der Waals surface area contributed by atoms with Crippen LogP contribution < -0.4 is 5.32 Å². The third-order valence-electron chi connectivity index (χ3n) is 2.45. The van der Waals surface area contributed by atoms with Gasteiger partial charge in [0.25, 0.3) is 5.69 Å². The first kappa shape index (κ1) is 13.9. The van der Waals surface area contributed by atoms with Crippen molar-refractivity contribution >= 4 is 17.3 Å². The van der Waals surface area contributed by atoms with E-state index in [4.69, 9.17) is 11.6 Å². The van der Waals surface area contributed by atoms with Crippen LogP contribution in [0.3, 0.4) is 0 Å². The van der Waals surface area contributed by atoms with Gasteiger partial charge < -0.3 is 5.32 Å². The second-order valence-electron chi connectivity index (χ2n) is 4.39. The molecule has 0 heterocycles. The molecule has 0 aliphatic rings. The molecule has 1 aromatic carbocycles. The Morgan fingerprint density at radius 3 is 2.76 bits per heavy atom. The summed E-state index contributed by atoms with van der Waals surface area (Å²) in [5.41, 5.74) is 0.847. The number of non-ortho nitro benzene ring substituents is 1. The van der Waals surface area contributed by atoms with Crippen LogP contribution >= 0.6 is 11.6 Å². The smallest absolute Gasteiger partial charge is 0.269 e. The number of benzene rings is 1. The molecule has 0 saturated heterocycles. The van der Waals surface area contributed by atoms with Gasteiger partial charge in [0.05, 0.1) is 4.92 Å². The lowest BCUT2D eigenvalue weighted by atomic mass is 10.1. The van der Waals surface area contributed by atoms with Crippen molar-refractivity contribution in [2.45, 2.75) is 26.8 Å². The first-order chi connectivity index (χ1) is 8.00. The van der Waals surface area contributed by atoms with Gasteiger partial charge in [-0.05, 0) is 30.5 Å². The van der Waals surface area contributed by atoms with Crippen molar-refractivity contribution in [3.63, 3.8) is 0 Å². The second kappa shape index (κ2) is 6.57. The molecule has 0 radical (unpaired) electrons. The van der Waals surface area contributed by atoms with Gasteiger partial charge in [-0.2, -0.15) is 0 Å². The van der Waals surface area contributed by atoms with Crippen LogP contribution in [-0.4, -0.2) is 11.5 Å². The molecule has 0 spiro atoms. The molecular formula is C12H17ClN2O2. The predicted octanol–water partition coefficient (Wildman–Crippen LogP) is 3.38. The standard InChI is InChI=1S/C12H17ClN2O2/c1-9(2)5-6-14-8-10-7-11(15(16)17)3-4-12(10)13/h3-4,7,9,14H,5-6,8H2,1-2H3. The van der Waals surface area contributed by atoms with Crippen molar-refractivity contribution in [3.05, 3.63) is 38.9 Å². The van der Waals surface area contributed by atoms with Gasteiger partial charge in [0.15, 0.2) is 0 Å². The van der Waals surface area contributed by atoms with E-state index in [1.165, 1.54) is 12.1 Å². The fourth-order valence-electron chi connectivity index (χ4n) is 1.42. The van der Waals surface area contributed by atoms with Crippen LogP contribution in [0.1, 0.15) is 25.8 Å². The molecule has 0 unspecified atom stereocenters. The minimum atomic E-state index is -0.409. The van der Waals surface area contributed by atoms with E-state index in [0.717, 1.165) is 18.5 Å². The molecule has 0 amide bonds. The maximum atomic E-state index is 10.6. The highest BCUT2D eigenvalue weighted by atomic mass is 35.5. The number of nitrogens with zero attached hydrogens (tertiary/aromatic N) is 1. The third kappa shape index (κ3) is 4.71. The zero-order valence-electron chi connectivity index (χ0n) is 10.1. The summed E-state index contributed by atoms with van der Waals surface area (Å²) in [6.07, 6.45) is 1.08. The second-order valence-corrected chi connectivity index (χ2v) is 4.80. The zero-order valence-corrected chi connectivity index (χ0v) is 10.8. The zero-order chi connectivity index (χ0) is 12.8. The van der Waals surface area contributed by atoms with Gasteiger partial charge in [0.1, 0.15) is 0 Å². The summed E-state index contributed by atoms with van der Waals surface area (Å²) in [4.78, 5) is 10.2. The van der Waals surface area contributed by atoms with Crippen LogP contribution in [0.15, 0.2) is 18.2 Å². The number of hydrogen-bond acceptors (Lipinski definition) is 3. The number of nitro benzene ring substituents is 1. The van der Waals surface area contributed by atoms with Crippen LogP contribution in [0.5, 0.6) is 0 Å². The highest BCUT2D eigenvalue weighted by Crippen LogP contribution is 2.21. The van der Waals surface area contributed by atoms with Crippen LogP contribution in [-0.2, 0) is 6.54 Å². The van der Waals surface area contributed by atoms with E-state index >= 15 is 0 Å². The van der Waals surface area contributed by atoms with Crippen molar-refractivity contribution in [1.29, 1.82) is 0 Å². The average Bonchev–Trinajstić information content (AvgIpc) is 2.25. The first-order valence-electron chi connectivity index (χ1n) is 5.64. The summed E-state index contributed by atoms with van der Waals surface area (Å²) in [5, 5.41) is 14.4. The molecule has 0 aliphatic carbocycles. The minimum absolute atomic E-state index is 0.0788. The van der Waals surface area contributed by atoms with E-state index < -0.39 is 4.92 Å². The normalized spacial score (nSPS) is 10.8. The summed E-state index contributed by atoms with van der Waals surface area (Å²) < 4.78 is 0. The van der Waals surface area contributed by atoms with E-state index in [0.29, 0.717) is 17.5 Å². The van der Waals surface area contributed by atoms with Gasteiger partial charge in [-0.3, -0.25) is 10.1 Å². The van der Waals surface area contributed by atoms with E-state index in [-0.39, 0.29) is 5.69 Å². The summed E-state index contributed by atoms with van der Waals surface area (Å²) >= 11 is 5.98. The van der Waals surface area contributed by atoms with E-state index in [1.54, 1.807) is 6.07 Å². The molecule has 0 aromatic heterocycles. The first-order valence-corrected chi connectivity index (χ1v) is 6.02. The Morgan fingerprint density at radius 2 is 2.18 bits per heavy atom. The molecule has 1 aromatic rings. The molecule has 17 heavy (non-hydrogen) atoms. The van der Waals surface area contributed by atoms with Crippen LogP contribution in [0, 0.1) is 16.0 Å². The Hall–Kier alpha value is -1.13. The topological polar surface area (TPSA) is 55.2 Å². The number of halogens is 1. The van der Waals surface area contributed by atoms with Crippen molar-refractivity contribution in [1.82, 2.24) is 5.32 Å². The van der Waals surface area contributed by atoms with Crippen molar-refractivity contribution < 1.29 is 4.92 Å². The molecular weight excluding hydrogens is 240 g/mol. The predicted molar refractivity (Wildman–Crippen MR) is 69.3 cm³/mol. The molecule has 0 bridgehead atoms. The fourth-order valence-corrected chi connectivity index (χ4v) is 1.61. The molecule has 1 N–H and O–H groups in total. The van der Waals surface area contributed by atoms with Crippen LogP contribution in [0.25, 0.3) is 0 Å². The van der Waals surface area contributed by atoms with Gasteiger partial charge in [0.2, 0.25) is 0 Å². The van der Waals surface area contributed by atoms with Gasteiger partial charge in [-0.1, -0.05) is 25.4 Å². The van der Waals surface area contributed by atoms with E-state index in [1.807, 2.05) is 0 Å². The lowest BCUT2D eigenvalue weighted by Gasteiger charge is -2.08. The highest BCUT2D eigenvalue weighted by molar-refractivity contribution is 6.31. The van der Waals surface area contributed by atoms with Gasteiger partial charge in [0, 0.05) is 23.7 Å². The molecule has 0 atom stereocenters. The Morgan fingerprint density at radius 1 is 1.47 bits per heavy atom. The van der Waals surface area contributed by atoms with Gasteiger partial charge in [-0.15, -0.1) is 0 Å². The SMILES string of the molecule is CC(C)CCNCc1cc([N+](=O)[O-])ccc1Cl. The summed E-state index contributed by atoms with van der Waals surface area (Å²) in [7, 11) is 0. The fraction of sp³-hybridized carbons (Fsp3) is 0.500. The van der Waals surface area contributed by atoms with Crippen molar-refractivity contribution in [3.8, 4) is 0 Å². The highest BCUT2D eigenvalue weighted by Gasteiger charge is 2.09. The Labute approximate surface area is 106 Å². The summed E-state index contributed by atoms with van der Waals surface area (Å²) in [6, 6.07) is 4.50. The van der Waals surface area contributed by atoms with E-state index in [9.17, 15) is 10.1 Å². The Bertz CT molecular complexity index is 394. The monoisotopic (exact) mass is 256 g/mol.